The van der Waals surface area contributed by atoms with Crippen molar-refractivity contribution in [2.75, 3.05) is 6.61 Å². The molecule has 0 aliphatic carbocycles. The molecular weight excluding hydrogens is 252 g/mol. The van der Waals surface area contributed by atoms with E-state index in [0.29, 0.717) is 16.6 Å². The summed E-state index contributed by atoms with van der Waals surface area (Å²) in [4.78, 5) is 20.9. The maximum absolute atomic E-state index is 11.6. The Hall–Kier alpha value is -1.74. The van der Waals surface area contributed by atoms with Gasteiger partial charge < -0.3 is 30.6 Å². The second kappa shape index (κ2) is 4.42. The average Bonchev–Trinajstić information content (AvgIpc) is 2.94. The van der Waals surface area contributed by atoms with E-state index in [2.05, 4.69) is 20.3 Å². The first kappa shape index (κ1) is 12.3. The van der Waals surface area contributed by atoms with E-state index >= 15 is 0 Å². The number of aliphatic hydroxyl groups is 3. The number of aromatic amines is 2. The lowest BCUT2D eigenvalue weighted by Crippen LogP contribution is -2.35. The predicted molar refractivity (Wildman–Crippen MR) is 65.5 cm³/mol. The third kappa shape index (κ3) is 1.77. The molecule has 8 heteroatoms. The third-order valence-electron chi connectivity index (χ3n) is 3.53. The Balaban J connectivity index is 2.06. The van der Waals surface area contributed by atoms with Crippen molar-refractivity contribution >= 4 is 11.0 Å². The Kier molecular flexibility index (Phi) is 2.86. The second-order valence-corrected chi connectivity index (χ2v) is 4.61. The van der Waals surface area contributed by atoms with Gasteiger partial charge in [0.25, 0.3) is 5.56 Å². The molecule has 6 N–H and O–H groups in total. The molecule has 102 valence electrons. The van der Waals surface area contributed by atoms with Gasteiger partial charge in [-0.05, 0) is 0 Å². The number of nitrogens with one attached hydrogen (secondary N) is 3. The summed E-state index contributed by atoms with van der Waals surface area (Å²) in [6.45, 7) is -0.287. The normalized spacial score (nSPS) is 31.1. The molecule has 0 spiro atoms. The molecule has 1 fully saturated rings. The van der Waals surface area contributed by atoms with Crippen molar-refractivity contribution < 1.29 is 15.3 Å². The van der Waals surface area contributed by atoms with E-state index < -0.39 is 24.3 Å². The van der Waals surface area contributed by atoms with Gasteiger partial charge in [-0.3, -0.25) is 4.79 Å². The van der Waals surface area contributed by atoms with Crippen LogP contribution in [-0.4, -0.2) is 55.1 Å². The van der Waals surface area contributed by atoms with Gasteiger partial charge in [0.05, 0.1) is 31.1 Å². The SMILES string of the molecule is O=c1[nH]cnc2c([C@@H]3N[C@@H](CO)[C@H](O)[C@H]3O)c[nH]c12. The van der Waals surface area contributed by atoms with Crippen molar-refractivity contribution in [3.63, 3.8) is 0 Å². The molecule has 0 saturated carbocycles. The van der Waals surface area contributed by atoms with Crippen LogP contribution in [0.3, 0.4) is 0 Å². The Morgan fingerprint density at radius 2 is 2.05 bits per heavy atom. The van der Waals surface area contributed by atoms with Gasteiger partial charge in [0.1, 0.15) is 17.1 Å². The number of aromatic nitrogens is 3. The fraction of sp³-hybridized carbons (Fsp3) is 0.455. The van der Waals surface area contributed by atoms with E-state index in [1.807, 2.05) is 0 Å². The summed E-state index contributed by atoms with van der Waals surface area (Å²) in [5.41, 5.74) is 1.03. The average molecular weight is 266 g/mol. The largest absolute Gasteiger partial charge is 0.395 e. The smallest absolute Gasteiger partial charge is 0.275 e. The summed E-state index contributed by atoms with van der Waals surface area (Å²) < 4.78 is 0. The molecule has 8 nitrogen and oxygen atoms in total. The van der Waals surface area contributed by atoms with Gasteiger partial charge >= 0.3 is 0 Å². The maximum Gasteiger partial charge on any atom is 0.275 e. The van der Waals surface area contributed by atoms with Gasteiger partial charge in [-0.15, -0.1) is 0 Å². The zero-order valence-corrected chi connectivity index (χ0v) is 9.87. The lowest BCUT2D eigenvalue weighted by Gasteiger charge is -2.14. The Labute approximate surface area is 107 Å². The number of hydrogen-bond acceptors (Lipinski definition) is 6. The van der Waals surface area contributed by atoms with Crippen molar-refractivity contribution in [1.82, 2.24) is 20.3 Å². The summed E-state index contributed by atoms with van der Waals surface area (Å²) in [7, 11) is 0. The number of aliphatic hydroxyl groups excluding tert-OH is 3. The first-order chi connectivity index (χ1) is 9.13. The monoisotopic (exact) mass is 266 g/mol. The van der Waals surface area contributed by atoms with Crippen molar-refractivity contribution in [1.29, 1.82) is 0 Å². The minimum absolute atomic E-state index is 0.287. The Morgan fingerprint density at radius 3 is 2.74 bits per heavy atom. The molecule has 0 unspecified atom stereocenters. The van der Waals surface area contributed by atoms with E-state index in [1.54, 1.807) is 6.20 Å². The van der Waals surface area contributed by atoms with E-state index in [-0.39, 0.29) is 12.2 Å². The molecule has 4 atom stereocenters. The van der Waals surface area contributed by atoms with Gasteiger partial charge in [0.15, 0.2) is 0 Å². The first-order valence-corrected chi connectivity index (χ1v) is 5.91. The number of fused-ring (bicyclic) bond motifs is 1. The molecule has 0 bridgehead atoms. The Morgan fingerprint density at radius 1 is 1.26 bits per heavy atom. The van der Waals surface area contributed by atoms with Crippen LogP contribution in [0.2, 0.25) is 0 Å². The van der Waals surface area contributed by atoms with Crippen LogP contribution in [0, 0.1) is 0 Å². The molecule has 0 aromatic carbocycles. The molecule has 0 radical (unpaired) electrons. The topological polar surface area (TPSA) is 134 Å². The molecule has 3 rings (SSSR count). The van der Waals surface area contributed by atoms with Crippen molar-refractivity contribution in [2.45, 2.75) is 24.3 Å². The molecule has 2 aromatic rings. The van der Waals surface area contributed by atoms with Crippen molar-refractivity contribution in [3.05, 3.63) is 28.4 Å². The van der Waals surface area contributed by atoms with E-state index in [0.717, 1.165) is 0 Å². The highest BCUT2D eigenvalue weighted by molar-refractivity contribution is 5.78. The van der Waals surface area contributed by atoms with Crippen LogP contribution >= 0.6 is 0 Å². The maximum atomic E-state index is 11.6. The van der Waals surface area contributed by atoms with Gasteiger partial charge in [-0.25, -0.2) is 4.98 Å². The summed E-state index contributed by atoms with van der Waals surface area (Å²) in [6.07, 6.45) is 0.711. The Bertz CT molecular complexity index is 651. The lowest BCUT2D eigenvalue weighted by molar-refractivity contribution is 0.0196. The third-order valence-corrected chi connectivity index (χ3v) is 3.53. The van der Waals surface area contributed by atoms with E-state index in [9.17, 15) is 15.0 Å². The zero-order valence-electron chi connectivity index (χ0n) is 9.87. The van der Waals surface area contributed by atoms with Crippen LogP contribution in [-0.2, 0) is 0 Å². The predicted octanol–water partition coefficient (Wildman–Crippen LogP) is -2.02. The van der Waals surface area contributed by atoms with Crippen LogP contribution in [0.1, 0.15) is 11.6 Å². The van der Waals surface area contributed by atoms with Crippen molar-refractivity contribution in [3.8, 4) is 0 Å². The van der Waals surface area contributed by atoms with Crippen LogP contribution < -0.4 is 10.9 Å². The number of hydrogen-bond donors (Lipinski definition) is 6. The molecule has 1 aliphatic rings. The molecular formula is C11H14N4O4. The van der Waals surface area contributed by atoms with Crippen LogP contribution in [0.5, 0.6) is 0 Å². The summed E-state index contributed by atoms with van der Waals surface area (Å²) in [6, 6.07) is -1.19. The fourth-order valence-electron chi connectivity index (χ4n) is 2.51. The van der Waals surface area contributed by atoms with E-state index in [4.69, 9.17) is 5.11 Å². The zero-order chi connectivity index (χ0) is 13.6. The number of H-pyrrole nitrogens is 2. The number of rotatable bonds is 2. The standard InChI is InChI=1S/C11H14N4O4/c16-2-5-9(17)10(18)7(15-5)4-1-12-8-6(4)13-3-14-11(8)19/h1,3,5,7,9-10,12,15-18H,2H2,(H,13,14,19)/t5-,7-,9-,10-/m0/s1. The lowest BCUT2D eigenvalue weighted by atomic mass is 10.0. The van der Waals surface area contributed by atoms with Gasteiger partial charge in [0, 0.05) is 11.8 Å². The minimum atomic E-state index is -1.07. The van der Waals surface area contributed by atoms with Gasteiger partial charge in [0.2, 0.25) is 0 Å². The highest BCUT2D eigenvalue weighted by Gasteiger charge is 2.42. The molecule has 19 heavy (non-hydrogen) atoms. The van der Waals surface area contributed by atoms with Crippen LogP contribution in [0.25, 0.3) is 11.0 Å². The van der Waals surface area contributed by atoms with Crippen LogP contribution in [0.15, 0.2) is 17.3 Å². The molecule has 2 aromatic heterocycles. The first-order valence-electron chi connectivity index (χ1n) is 5.91. The van der Waals surface area contributed by atoms with E-state index in [1.165, 1.54) is 6.33 Å². The van der Waals surface area contributed by atoms with Crippen LogP contribution in [0.4, 0.5) is 0 Å². The summed E-state index contributed by atoms with van der Waals surface area (Å²) >= 11 is 0. The van der Waals surface area contributed by atoms with Gasteiger partial charge in [-0.1, -0.05) is 0 Å². The molecule has 1 aliphatic heterocycles. The molecule has 0 amide bonds. The summed E-state index contributed by atoms with van der Waals surface area (Å²) in [5, 5.41) is 31.8. The highest BCUT2D eigenvalue weighted by atomic mass is 16.3. The highest BCUT2D eigenvalue weighted by Crippen LogP contribution is 2.30. The summed E-state index contributed by atoms with van der Waals surface area (Å²) in [5.74, 6) is 0. The second-order valence-electron chi connectivity index (χ2n) is 4.61. The fourth-order valence-corrected chi connectivity index (χ4v) is 2.51. The molecule has 3 heterocycles. The molecule has 1 saturated heterocycles. The van der Waals surface area contributed by atoms with Crippen molar-refractivity contribution in [2.24, 2.45) is 0 Å². The van der Waals surface area contributed by atoms with Gasteiger partial charge in [-0.2, -0.15) is 0 Å². The number of nitrogens with zero attached hydrogens (tertiary/aromatic N) is 1. The minimum Gasteiger partial charge on any atom is -0.395 e. The quantitative estimate of drug-likeness (QED) is 0.371.